The van der Waals surface area contributed by atoms with Crippen molar-refractivity contribution in [2.45, 2.75) is 6.92 Å². The number of nitrogens with zero attached hydrogens (tertiary/aromatic N) is 2. The average molecular weight is 341 g/mol. The highest BCUT2D eigenvalue weighted by molar-refractivity contribution is 7.21. The molecule has 120 valence electrons. The number of nitrogen functional groups attached to an aromatic ring is 2. The molecule has 8 heteroatoms. The van der Waals surface area contributed by atoms with Gasteiger partial charge in [-0.05, 0) is 24.6 Å². The van der Waals surface area contributed by atoms with E-state index in [1.807, 2.05) is 6.07 Å². The second-order valence-electron chi connectivity index (χ2n) is 5.07. The Morgan fingerprint density at radius 3 is 2.75 bits per heavy atom. The Bertz CT molecular complexity index is 1020. The first-order valence-corrected chi connectivity index (χ1v) is 7.69. The summed E-state index contributed by atoms with van der Waals surface area (Å²) in [7, 11) is 0. The van der Waals surface area contributed by atoms with Gasteiger partial charge in [0.2, 0.25) is 0 Å². The van der Waals surface area contributed by atoms with E-state index in [2.05, 4.69) is 10.3 Å². The van der Waals surface area contributed by atoms with E-state index < -0.39 is 11.7 Å². The molecule has 1 aromatic carbocycles. The van der Waals surface area contributed by atoms with Crippen molar-refractivity contribution in [2.24, 2.45) is 0 Å². The number of hydrogen-bond acceptors (Lipinski definition) is 6. The van der Waals surface area contributed by atoms with Crippen molar-refractivity contribution in [1.29, 1.82) is 5.26 Å². The molecule has 3 aromatic rings. The zero-order valence-corrected chi connectivity index (χ0v) is 13.4. The number of para-hydroxylation sites is 1. The Morgan fingerprint density at radius 1 is 1.38 bits per heavy atom. The SMILES string of the molecule is Cc1c(C#N)c(N)nc2sc(C(=O)Nc3ccccc3F)c(N)c12. The smallest absolute Gasteiger partial charge is 0.268 e. The first kappa shape index (κ1) is 15.7. The fourth-order valence-electron chi connectivity index (χ4n) is 2.41. The summed E-state index contributed by atoms with van der Waals surface area (Å²) in [6, 6.07) is 7.81. The topological polar surface area (TPSA) is 118 Å². The van der Waals surface area contributed by atoms with Crippen LogP contribution >= 0.6 is 11.3 Å². The molecule has 2 aromatic heterocycles. The average Bonchev–Trinajstić information content (AvgIpc) is 2.86. The standard InChI is InChI=1S/C16H12FN5OS/c1-7-8(6-18)14(20)22-16-11(7)12(19)13(24-16)15(23)21-10-5-3-2-4-9(10)17/h2-5H,19H2,1H3,(H2,20,22)(H,21,23). The summed E-state index contributed by atoms with van der Waals surface area (Å²) in [5.41, 5.74) is 12.9. The molecule has 0 radical (unpaired) electrons. The third kappa shape index (κ3) is 2.41. The summed E-state index contributed by atoms with van der Waals surface area (Å²) < 4.78 is 13.7. The molecule has 1 amide bonds. The molecule has 0 atom stereocenters. The van der Waals surface area contributed by atoms with E-state index in [1.165, 1.54) is 18.2 Å². The van der Waals surface area contributed by atoms with Crippen molar-refractivity contribution in [3.05, 3.63) is 46.1 Å². The van der Waals surface area contributed by atoms with E-state index in [0.717, 1.165) is 11.3 Å². The maximum atomic E-state index is 13.7. The van der Waals surface area contributed by atoms with E-state index in [1.54, 1.807) is 13.0 Å². The fraction of sp³-hybridized carbons (Fsp3) is 0.0625. The number of aryl methyl sites for hydroxylation is 1. The number of hydrogen-bond donors (Lipinski definition) is 3. The number of nitrogens with two attached hydrogens (primary N) is 2. The lowest BCUT2D eigenvalue weighted by Gasteiger charge is -2.05. The summed E-state index contributed by atoms with van der Waals surface area (Å²) in [4.78, 5) is 17.2. The molecule has 0 fully saturated rings. The minimum absolute atomic E-state index is 0.0567. The molecule has 0 unspecified atom stereocenters. The van der Waals surface area contributed by atoms with Crippen LogP contribution in [0.5, 0.6) is 0 Å². The van der Waals surface area contributed by atoms with Gasteiger partial charge in [-0.3, -0.25) is 4.79 Å². The number of nitrogens with one attached hydrogen (secondary N) is 1. The van der Waals surface area contributed by atoms with Crippen LogP contribution < -0.4 is 16.8 Å². The Labute approximate surface area is 140 Å². The number of thiophene rings is 1. The molecule has 2 heterocycles. The van der Waals surface area contributed by atoms with Gasteiger partial charge in [0.15, 0.2) is 0 Å². The number of carbonyl (C=O) groups is 1. The Hall–Kier alpha value is -3.18. The van der Waals surface area contributed by atoms with Gasteiger partial charge in [-0.2, -0.15) is 5.26 Å². The molecule has 6 nitrogen and oxygen atoms in total. The van der Waals surface area contributed by atoms with Crippen LogP contribution in [0.2, 0.25) is 0 Å². The Morgan fingerprint density at radius 2 is 2.08 bits per heavy atom. The van der Waals surface area contributed by atoms with Gasteiger partial charge in [0.25, 0.3) is 5.91 Å². The number of aromatic nitrogens is 1. The van der Waals surface area contributed by atoms with Gasteiger partial charge >= 0.3 is 0 Å². The second kappa shape index (κ2) is 5.79. The molecular weight excluding hydrogens is 329 g/mol. The zero-order chi connectivity index (χ0) is 17.4. The predicted molar refractivity (Wildman–Crippen MR) is 92.2 cm³/mol. The van der Waals surface area contributed by atoms with Gasteiger partial charge in [0.05, 0.1) is 16.9 Å². The van der Waals surface area contributed by atoms with Crippen LogP contribution in [0.4, 0.5) is 21.6 Å². The van der Waals surface area contributed by atoms with E-state index in [9.17, 15) is 9.18 Å². The number of carbonyl (C=O) groups excluding carboxylic acids is 1. The summed E-state index contributed by atoms with van der Waals surface area (Å²) in [6.45, 7) is 1.69. The maximum absolute atomic E-state index is 13.7. The van der Waals surface area contributed by atoms with Crippen molar-refractivity contribution in [2.75, 3.05) is 16.8 Å². The third-order valence-electron chi connectivity index (χ3n) is 3.59. The molecule has 0 bridgehead atoms. The fourth-order valence-corrected chi connectivity index (χ4v) is 3.46. The molecule has 3 rings (SSSR count). The number of anilines is 3. The minimum atomic E-state index is -0.546. The number of fused-ring (bicyclic) bond motifs is 1. The monoisotopic (exact) mass is 341 g/mol. The lowest BCUT2D eigenvalue weighted by Crippen LogP contribution is -2.13. The van der Waals surface area contributed by atoms with Crippen LogP contribution in [0.3, 0.4) is 0 Å². The molecule has 0 aliphatic heterocycles. The van der Waals surface area contributed by atoms with Crippen molar-refractivity contribution < 1.29 is 9.18 Å². The van der Waals surface area contributed by atoms with Crippen molar-refractivity contribution in [1.82, 2.24) is 4.98 Å². The van der Waals surface area contributed by atoms with Crippen LogP contribution in [0.1, 0.15) is 20.8 Å². The van der Waals surface area contributed by atoms with E-state index in [-0.39, 0.29) is 27.6 Å². The Balaban J connectivity index is 2.09. The molecule has 24 heavy (non-hydrogen) atoms. The summed E-state index contributed by atoms with van der Waals surface area (Å²) in [5.74, 6) is -1.00. The first-order valence-electron chi connectivity index (χ1n) is 6.88. The van der Waals surface area contributed by atoms with Gasteiger partial charge in [-0.1, -0.05) is 12.1 Å². The van der Waals surface area contributed by atoms with Gasteiger partial charge in [-0.15, -0.1) is 11.3 Å². The predicted octanol–water partition coefficient (Wildman–Crippen LogP) is 3.03. The second-order valence-corrected chi connectivity index (χ2v) is 6.07. The molecule has 0 saturated heterocycles. The van der Waals surface area contributed by atoms with Gasteiger partial charge < -0.3 is 16.8 Å². The van der Waals surface area contributed by atoms with E-state index in [4.69, 9.17) is 16.7 Å². The number of pyridine rings is 1. The van der Waals surface area contributed by atoms with Gasteiger partial charge in [0.1, 0.15) is 27.4 Å². The number of rotatable bonds is 2. The highest BCUT2D eigenvalue weighted by Gasteiger charge is 2.22. The highest BCUT2D eigenvalue weighted by Crippen LogP contribution is 2.37. The lowest BCUT2D eigenvalue weighted by molar-refractivity contribution is 0.103. The summed E-state index contributed by atoms with van der Waals surface area (Å²) in [6.07, 6.45) is 0. The van der Waals surface area contributed by atoms with Crippen molar-refractivity contribution in [3.8, 4) is 6.07 Å². The molecule has 0 spiro atoms. The molecular formula is C16H12FN5OS. The van der Waals surface area contributed by atoms with Crippen molar-refractivity contribution in [3.63, 3.8) is 0 Å². The third-order valence-corrected chi connectivity index (χ3v) is 4.69. The van der Waals surface area contributed by atoms with Crippen LogP contribution in [-0.2, 0) is 0 Å². The van der Waals surface area contributed by atoms with Crippen LogP contribution in [0, 0.1) is 24.1 Å². The summed E-state index contributed by atoms with van der Waals surface area (Å²) in [5, 5.41) is 12.2. The van der Waals surface area contributed by atoms with E-state index >= 15 is 0 Å². The minimum Gasteiger partial charge on any atom is -0.397 e. The maximum Gasteiger partial charge on any atom is 0.268 e. The molecule has 0 aliphatic rings. The van der Waals surface area contributed by atoms with Crippen LogP contribution in [-0.4, -0.2) is 10.9 Å². The lowest BCUT2D eigenvalue weighted by atomic mass is 10.1. The molecule has 0 aliphatic carbocycles. The summed E-state index contributed by atoms with van der Waals surface area (Å²) >= 11 is 1.04. The number of nitriles is 1. The van der Waals surface area contributed by atoms with Crippen LogP contribution in [0.25, 0.3) is 10.2 Å². The normalized spacial score (nSPS) is 10.5. The molecule has 0 saturated carbocycles. The van der Waals surface area contributed by atoms with Crippen molar-refractivity contribution >= 4 is 44.7 Å². The highest BCUT2D eigenvalue weighted by atomic mass is 32.1. The first-order chi connectivity index (χ1) is 11.4. The largest absolute Gasteiger partial charge is 0.397 e. The quantitative estimate of drug-likeness (QED) is 0.662. The van der Waals surface area contributed by atoms with E-state index in [0.29, 0.717) is 15.8 Å². The van der Waals surface area contributed by atoms with Crippen LogP contribution in [0.15, 0.2) is 24.3 Å². The zero-order valence-electron chi connectivity index (χ0n) is 12.6. The number of amides is 1. The number of benzene rings is 1. The Kier molecular flexibility index (Phi) is 3.79. The van der Waals surface area contributed by atoms with Gasteiger partial charge in [-0.25, -0.2) is 9.37 Å². The number of halogens is 1. The van der Waals surface area contributed by atoms with Gasteiger partial charge in [0, 0.05) is 5.39 Å². The molecule has 5 N–H and O–H groups in total.